The van der Waals surface area contributed by atoms with Crippen LogP contribution in [0.2, 0.25) is 5.02 Å². The molecule has 5 heteroatoms. The fourth-order valence-corrected chi connectivity index (χ4v) is 4.88. The molecule has 6 rings (SSSR count). The molecule has 1 saturated carbocycles. The summed E-state index contributed by atoms with van der Waals surface area (Å²) in [5, 5.41) is 4.69. The van der Waals surface area contributed by atoms with E-state index in [4.69, 9.17) is 16.0 Å². The molecule has 3 aliphatic heterocycles. The van der Waals surface area contributed by atoms with Crippen LogP contribution in [0.4, 0.5) is 0 Å². The summed E-state index contributed by atoms with van der Waals surface area (Å²) < 4.78 is 5.35. The standard InChI is InChI=1S/C18H19ClN2O2/c19-14-10-23-15-2-1-12(9-13(14)15)17(22)20-16-11-3-7-21(8-4-11)18(16)5-6-18/h1-2,9-11,16H,3-8H2,(H,20,22). The van der Waals surface area contributed by atoms with Gasteiger partial charge in [-0.2, -0.15) is 0 Å². The minimum absolute atomic E-state index is 0.00851. The molecule has 0 radical (unpaired) electrons. The molecule has 1 aromatic carbocycles. The van der Waals surface area contributed by atoms with Crippen LogP contribution in [0.5, 0.6) is 0 Å². The number of carbonyl (C=O) groups is 1. The van der Waals surface area contributed by atoms with Gasteiger partial charge in [-0.1, -0.05) is 11.6 Å². The van der Waals surface area contributed by atoms with E-state index in [-0.39, 0.29) is 11.4 Å². The van der Waals surface area contributed by atoms with Crippen LogP contribution in [0.1, 0.15) is 36.0 Å². The Balaban J connectivity index is 1.43. The zero-order valence-corrected chi connectivity index (χ0v) is 13.6. The first-order chi connectivity index (χ1) is 11.2. The van der Waals surface area contributed by atoms with Gasteiger partial charge in [0.1, 0.15) is 11.8 Å². The molecule has 4 nitrogen and oxygen atoms in total. The lowest BCUT2D eigenvalue weighted by Gasteiger charge is -2.52. The second-order valence-corrected chi connectivity index (χ2v) is 7.58. The number of hydrogen-bond acceptors (Lipinski definition) is 3. The number of carbonyl (C=O) groups excluding carboxylic acids is 1. The maximum atomic E-state index is 12.8. The summed E-state index contributed by atoms with van der Waals surface area (Å²) in [6, 6.07) is 5.77. The molecule has 4 aliphatic rings. The van der Waals surface area contributed by atoms with Gasteiger partial charge < -0.3 is 9.73 Å². The van der Waals surface area contributed by atoms with Gasteiger partial charge in [0.2, 0.25) is 0 Å². The quantitative estimate of drug-likeness (QED) is 0.917. The Hall–Kier alpha value is -1.52. The van der Waals surface area contributed by atoms with E-state index in [2.05, 4.69) is 10.2 Å². The maximum Gasteiger partial charge on any atom is 0.251 e. The first-order valence-electron chi connectivity index (χ1n) is 8.40. The van der Waals surface area contributed by atoms with Gasteiger partial charge in [-0.3, -0.25) is 9.69 Å². The Morgan fingerprint density at radius 3 is 2.83 bits per heavy atom. The third-order valence-electron chi connectivity index (χ3n) is 6.06. The summed E-state index contributed by atoms with van der Waals surface area (Å²) in [7, 11) is 0. The zero-order chi connectivity index (χ0) is 15.6. The van der Waals surface area contributed by atoms with E-state index in [0.717, 1.165) is 5.39 Å². The number of nitrogens with one attached hydrogen (secondary N) is 1. The first kappa shape index (κ1) is 13.9. The Bertz CT molecular complexity index is 787. The summed E-state index contributed by atoms with van der Waals surface area (Å²) in [6.07, 6.45) is 6.38. The number of benzene rings is 1. The van der Waals surface area contributed by atoms with Crippen LogP contribution in [0, 0.1) is 5.92 Å². The number of amides is 1. The summed E-state index contributed by atoms with van der Waals surface area (Å²) in [5.41, 5.74) is 1.63. The highest BCUT2D eigenvalue weighted by Crippen LogP contribution is 2.53. The van der Waals surface area contributed by atoms with Crippen molar-refractivity contribution in [1.29, 1.82) is 0 Å². The number of halogens is 1. The van der Waals surface area contributed by atoms with E-state index >= 15 is 0 Å². The van der Waals surface area contributed by atoms with E-state index in [9.17, 15) is 4.79 Å². The minimum atomic E-state index is 0.00851. The molecule has 3 saturated heterocycles. The van der Waals surface area contributed by atoms with Gasteiger partial charge in [0, 0.05) is 16.5 Å². The van der Waals surface area contributed by atoms with E-state index in [1.54, 1.807) is 0 Å². The third kappa shape index (κ3) is 1.98. The molecule has 2 bridgehead atoms. The molecule has 1 amide bonds. The van der Waals surface area contributed by atoms with Crippen molar-refractivity contribution in [3.8, 4) is 0 Å². The lowest BCUT2D eigenvalue weighted by Crippen LogP contribution is -2.65. The molecule has 23 heavy (non-hydrogen) atoms. The monoisotopic (exact) mass is 330 g/mol. The van der Waals surface area contributed by atoms with Gasteiger partial charge in [0.05, 0.1) is 11.1 Å². The van der Waals surface area contributed by atoms with Crippen LogP contribution in [0.15, 0.2) is 28.9 Å². The van der Waals surface area contributed by atoms with E-state index in [1.807, 2.05) is 18.2 Å². The molecular formula is C18H19ClN2O2. The molecule has 4 fully saturated rings. The second kappa shape index (κ2) is 4.74. The molecule has 1 aliphatic carbocycles. The number of piperidine rings is 3. The smallest absolute Gasteiger partial charge is 0.251 e. The summed E-state index contributed by atoms with van der Waals surface area (Å²) in [6.45, 7) is 2.40. The fourth-order valence-electron chi connectivity index (χ4n) is 4.68. The number of rotatable bonds is 2. The first-order valence-corrected chi connectivity index (χ1v) is 8.78. The Kier molecular flexibility index (Phi) is 2.86. The van der Waals surface area contributed by atoms with Crippen molar-refractivity contribution in [3.05, 3.63) is 35.0 Å². The average Bonchev–Trinajstić information content (AvgIpc) is 3.28. The van der Waals surface area contributed by atoms with Crippen molar-refractivity contribution < 1.29 is 9.21 Å². The lowest BCUT2D eigenvalue weighted by atomic mass is 9.77. The minimum Gasteiger partial charge on any atom is -0.463 e. The SMILES string of the molecule is O=C(NC1C2CCN(CC2)C12CC2)c1ccc2occ(Cl)c2c1. The van der Waals surface area contributed by atoms with Gasteiger partial charge in [-0.15, -0.1) is 0 Å². The Morgan fingerprint density at radius 2 is 2.09 bits per heavy atom. The van der Waals surface area contributed by atoms with Crippen molar-refractivity contribution in [1.82, 2.24) is 10.2 Å². The van der Waals surface area contributed by atoms with Crippen LogP contribution < -0.4 is 5.32 Å². The van der Waals surface area contributed by atoms with Gasteiger partial charge in [0.25, 0.3) is 5.91 Å². The highest BCUT2D eigenvalue weighted by Gasteiger charge is 2.60. The molecule has 2 aromatic rings. The highest BCUT2D eigenvalue weighted by atomic mass is 35.5. The molecule has 1 unspecified atom stereocenters. The lowest BCUT2D eigenvalue weighted by molar-refractivity contribution is -0.00144. The summed E-state index contributed by atoms with van der Waals surface area (Å²) >= 11 is 6.12. The average molecular weight is 331 g/mol. The van der Waals surface area contributed by atoms with Crippen LogP contribution in [-0.2, 0) is 0 Å². The van der Waals surface area contributed by atoms with Crippen molar-refractivity contribution >= 4 is 28.5 Å². The van der Waals surface area contributed by atoms with Crippen molar-refractivity contribution in [2.75, 3.05) is 13.1 Å². The Morgan fingerprint density at radius 1 is 1.30 bits per heavy atom. The highest BCUT2D eigenvalue weighted by molar-refractivity contribution is 6.35. The molecule has 4 heterocycles. The molecular weight excluding hydrogens is 312 g/mol. The second-order valence-electron chi connectivity index (χ2n) is 7.17. The Labute approximate surface area is 139 Å². The molecule has 1 aromatic heterocycles. The van der Waals surface area contributed by atoms with Crippen molar-refractivity contribution in [2.24, 2.45) is 5.92 Å². The number of fused-ring (bicyclic) bond motifs is 3. The predicted molar refractivity (Wildman–Crippen MR) is 88.7 cm³/mol. The fraction of sp³-hybridized carbons (Fsp3) is 0.500. The third-order valence-corrected chi connectivity index (χ3v) is 6.35. The van der Waals surface area contributed by atoms with Gasteiger partial charge in [0.15, 0.2) is 0 Å². The molecule has 1 spiro atoms. The van der Waals surface area contributed by atoms with Crippen molar-refractivity contribution in [2.45, 2.75) is 37.3 Å². The van der Waals surface area contributed by atoms with Crippen LogP contribution in [0.25, 0.3) is 11.0 Å². The summed E-state index contributed by atoms with van der Waals surface area (Å²) in [5.74, 6) is 0.641. The van der Waals surface area contributed by atoms with Crippen LogP contribution in [-0.4, -0.2) is 35.5 Å². The van der Waals surface area contributed by atoms with Crippen molar-refractivity contribution in [3.63, 3.8) is 0 Å². The number of furan rings is 1. The molecule has 120 valence electrons. The normalized spacial score (nSPS) is 30.7. The van der Waals surface area contributed by atoms with Gasteiger partial charge in [-0.05, 0) is 62.9 Å². The summed E-state index contributed by atoms with van der Waals surface area (Å²) in [4.78, 5) is 15.4. The van der Waals surface area contributed by atoms with E-state index < -0.39 is 0 Å². The van der Waals surface area contributed by atoms with Crippen LogP contribution in [0.3, 0.4) is 0 Å². The topological polar surface area (TPSA) is 45.5 Å². The molecule has 1 atom stereocenters. The number of hydrogen-bond donors (Lipinski definition) is 1. The predicted octanol–water partition coefficient (Wildman–Crippen LogP) is 3.44. The van der Waals surface area contributed by atoms with Crippen LogP contribution >= 0.6 is 11.6 Å². The largest absolute Gasteiger partial charge is 0.463 e. The van der Waals surface area contributed by atoms with E-state index in [0.29, 0.717) is 28.1 Å². The molecule has 1 N–H and O–H groups in total. The zero-order valence-electron chi connectivity index (χ0n) is 12.8. The van der Waals surface area contributed by atoms with Gasteiger partial charge >= 0.3 is 0 Å². The van der Waals surface area contributed by atoms with Gasteiger partial charge in [-0.25, -0.2) is 0 Å². The maximum absolute atomic E-state index is 12.8. The number of nitrogens with zero attached hydrogens (tertiary/aromatic N) is 1. The van der Waals surface area contributed by atoms with E-state index in [1.165, 1.54) is 45.0 Å².